The molecule has 1 N–H and O–H groups in total. The van der Waals surface area contributed by atoms with E-state index in [1.165, 1.54) is 32.1 Å². The first-order chi connectivity index (χ1) is 7.50. The third-order valence-corrected chi connectivity index (χ3v) is 3.55. The number of nitrogens with one attached hydrogen (secondary N) is 1. The highest BCUT2D eigenvalue weighted by atomic mass is 16.2. The molecular weight excluding hydrogens is 200 g/mol. The van der Waals surface area contributed by atoms with Crippen molar-refractivity contribution in [3.8, 4) is 0 Å². The van der Waals surface area contributed by atoms with Crippen LogP contribution in [0.3, 0.4) is 0 Å². The quantitative estimate of drug-likeness (QED) is 0.747. The highest BCUT2D eigenvalue weighted by Crippen LogP contribution is 2.22. The normalized spacial score (nSPS) is 28.2. The second-order valence-electron chi connectivity index (χ2n) is 5.43. The molecule has 1 rings (SSSR count). The van der Waals surface area contributed by atoms with Gasteiger partial charge in [0.15, 0.2) is 0 Å². The Balaban J connectivity index is 2.38. The van der Waals surface area contributed by atoms with Gasteiger partial charge in [-0.25, -0.2) is 0 Å². The molecule has 0 spiro atoms. The molecule has 1 fully saturated rings. The maximum absolute atomic E-state index is 11.7. The first-order valence-corrected chi connectivity index (χ1v) is 6.48. The number of carbonyl (C=O) groups excluding carboxylic acids is 1. The summed E-state index contributed by atoms with van der Waals surface area (Å²) in [4.78, 5) is 13.4. The van der Waals surface area contributed by atoms with E-state index in [4.69, 9.17) is 0 Å². The van der Waals surface area contributed by atoms with Gasteiger partial charge in [-0.1, -0.05) is 19.8 Å². The molecule has 0 aromatic carbocycles. The van der Waals surface area contributed by atoms with Crippen molar-refractivity contribution in [3.63, 3.8) is 0 Å². The zero-order valence-corrected chi connectivity index (χ0v) is 11.1. The van der Waals surface area contributed by atoms with Crippen LogP contribution in [0.25, 0.3) is 0 Å². The first kappa shape index (κ1) is 13.5. The Hall–Kier alpha value is -0.570. The van der Waals surface area contributed by atoms with E-state index in [2.05, 4.69) is 12.2 Å². The summed E-state index contributed by atoms with van der Waals surface area (Å²) < 4.78 is 0. The molecule has 0 aromatic heterocycles. The molecule has 0 aliphatic heterocycles. The Morgan fingerprint density at radius 3 is 2.56 bits per heavy atom. The Morgan fingerprint density at radius 1 is 1.25 bits per heavy atom. The topological polar surface area (TPSA) is 32.3 Å². The van der Waals surface area contributed by atoms with Crippen LogP contribution in [0.1, 0.15) is 46.0 Å². The van der Waals surface area contributed by atoms with Crippen LogP contribution in [0.15, 0.2) is 0 Å². The van der Waals surface area contributed by atoms with E-state index in [9.17, 15) is 4.79 Å². The standard InChI is InChI=1S/C13H26N2O/c1-10-6-5-7-12(9-8-10)14-11(2)13(16)15(3)4/h10-12,14H,5-9H2,1-4H3. The van der Waals surface area contributed by atoms with Crippen LogP contribution in [-0.2, 0) is 4.79 Å². The average Bonchev–Trinajstić information content (AvgIpc) is 2.42. The van der Waals surface area contributed by atoms with Crippen LogP contribution in [0.4, 0.5) is 0 Å². The molecule has 3 heteroatoms. The lowest BCUT2D eigenvalue weighted by atomic mass is 10.0. The number of amides is 1. The Morgan fingerprint density at radius 2 is 1.94 bits per heavy atom. The third kappa shape index (κ3) is 4.12. The summed E-state index contributed by atoms with van der Waals surface area (Å²) in [7, 11) is 3.63. The van der Waals surface area contributed by atoms with Crippen molar-refractivity contribution in [2.24, 2.45) is 5.92 Å². The van der Waals surface area contributed by atoms with E-state index in [1.807, 2.05) is 21.0 Å². The van der Waals surface area contributed by atoms with Crippen LogP contribution in [-0.4, -0.2) is 37.0 Å². The lowest BCUT2D eigenvalue weighted by molar-refractivity contribution is -0.130. The predicted molar refractivity (Wildman–Crippen MR) is 67.3 cm³/mol. The van der Waals surface area contributed by atoms with Gasteiger partial charge in [0.1, 0.15) is 0 Å². The molecular formula is C13H26N2O. The number of hydrogen-bond acceptors (Lipinski definition) is 2. The minimum Gasteiger partial charge on any atom is -0.347 e. The largest absolute Gasteiger partial charge is 0.347 e. The van der Waals surface area contributed by atoms with Crippen molar-refractivity contribution in [2.45, 2.75) is 58.0 Å². The van der Waals surface area contributed by atoms with Crippen molar-refractivity contribution in [3.05, 3.63) is 0 Å². The van der Waals surface area contributed by atoms with Crippen molar-refractivity contribution in [1.29, 1.82) is 0 Å². The summed E-state index contributed by atoms with van der Waals surface area (Å²) in [5, 5.41) is 3.47. The molecule has 0 aromatic rings. The summed E-state index contributed by atoms with van der Waals surface area (Å²) >= 11 is 0. The van der Waals surface area contributed by atoms with Crippen LogP contribution in [0, 0.1) is 5.92 Å². The van der Waals surface area contributed by atoms with Gasteiger partial charge in [0.05, 0.1) is 6.04 Å². The fourth-order valence-electron chi connectivity index (χ4n) is 2.47. The van der Waals surface area contributed by atoms with Crippen LogP contribution in [0.2, 0.25) is 0 Å². The van der Waals surface area contributed by atoms with Gasteiger partial charge in [0.2, 0.25) is 5.91 Å². The molecule has 0 heterocycles. The highest BCUT2D eigenvalue weighted by Gasteiger charge is 2.21. The minimum atomic E-state index is -0.0478. The van der Waals surface area contributed by atoms with Crippen LogP contribution < -0.4 is 5.32 Å². The van der Waals surface area contributed by atoms with Gasteiger partial charge in [-0.3, -0.25) is 4.79 Å². The molecule has 1 aliphatic carbocycles. The molecule has 3 atom stereocenters. The molecule has 94 valence electrons. The molecule has 3 nitrogen and oxygen atoms in total. The van der Waals surface area contributed by atoms with Gasteiger partial charge >= 0.3 is 0 Å². The number of hydrogen-bond donors (Lipinski definition) is 1. The molecule has 1 amide bonds. The summed E-state index contributed by atoms with van der Waals surface area (Å²) in [5.41, 5.74) is 0. The van der Waals surface area contributed by atoms with Crippen LogP contribution >= 0.6 is 0 Å². The van der Waals surface area contributed by atoms with Crippen LogP contribution in [0.5, 0.6) is 0 Å². The van der Waals surface area contributed by atoms with E-state index in [0.29, 0.717) is 6.04 Å². The van der Waals surface area contributed by atoms with E-state index in [1.54, 1.807) is 4.90 Å². The molecule has 0 bridgehead atoms. The van der Waals surface area contributed by atoms with Gasteiger partial charge in [-0.05, 0) is 32.1 Å². The summed E-state index contributed by atoms with van der Waals surface area (Å²) in [6, 6.07) is 0.484. The van der Waals surface area contributed by atoms with Crippen molar-refractivity contribution >= 4 is 5.91 Å². The Bertz CT molecular complexity index is 228. The van der Waals surface area contributed by atoms with Gasteiger partial charge in [0.25, 0.3) is 0 Å². The number of rotatable bonds is 3. The number of nitrogens with zero attached hydrogens (tertiary/aromatic N) is 1. The molecule has 0 saturated heterocycles. The van der Waals surface area contributed by atoms with Crippen molar-refractivity contribution in [2.75, 3.05) is 14.1 Å². The summed E-state index contributed by atoms with van der Waals surface area (Å²) in [6.07, 6.45) is 6.36. The van der Waals surface area contributed by atoms with Gasteiger partial charge in [-0.15, -0.1) is 0 Å². The maximum Gasteiger partial charge on any atom is 0.238 e. The first-order valence-electron chi connectivity index (χ1n) is 6.48. The summed E-state index contributed by atoms with van der Waals surface area (Å²) in [6.45, 7) is 4.30. The van der Waals surface area contributed by atoms with Gasteiger partial charge in [-0.2, -0.15) is 0 Å². The second kappa shape index (κ2) is 6.24. The average molecular weight is 226 g/mol. The number of carbonyl (C=O) groups is 1. The fraction of sp³-hybridized carbons (Fsp3) is 0.923. The molecule has 16 heavy (non-hydrogen) atoms. The molecule has 1 saturated carbocycles. The lowest BCUT2D eigenvalue weighted by Gasteiger charge is -2.23. The summed E-state index contributed by atoms with van der Waals surface area (Å²) in [5.74, 6) is 1.03. The fourth-order valence-corrected chi connectivity index (χ4v) is 2.47. The van der Waals surface area contributed by atoms with E-state index >= 15 is 0 Å². The zero-order chi connectivity index (χ0) is 12.1. The molecule has 3 unspecified atom stereocenters. The zero-order valence-electron chi connectivity index (χ0n) is 11.1. The monoisotopic (exact) mass is 226 g/mol. The Labute approximate surface area is 99.6 Å². The molecule has 0 radical (unpaired) electrons. The van der Waals surface area contributed by atoms with Gasteiger partial charge < -0.3 is 10.2 Å². The minimum absolute atomic E-state index is 0.0478. The van der Waals surface area contributed by atoms with E-state index in [-0.39, 0.29) is 11.9 Å². The highest BCUT2D eigenvalue weighted by molar-refractivity contribution is 5.80. The maximum atomic E-state index is 11.7. The third-order valence-electron chi connectivity index (χ3n) is 3.55. The predicted octanol–water partition coefficient (Wildman–Crippen LogP) is 2.02. The smallest absolute Gasteiger partial charge is 0.238 e. The van der Waals surface area contributed by atoms with Crippen molar-refractivity contribution in [1.82, 2.24) is 10.2 Å². The van der Waals surface area contributed by atoms with Crippen molar-refractivity contribution < 1.29 is 4.79 Å². The lowest BCUT2D eigenvalue weighted by Crippen LogP contribution is -2.46. The number of likely N-dealkylation sites (N-methyl/N-ethyl adjacent to an activating group) is 1. The SMILES string of the molecule is CC1CCCC(NC(C)C(=O)N(C)C)CC1. The van der Waals surface area contributed by atoms with Gasteiger partial charge in [0, 0.05) is 20.1 Å². The Kier molecular flexibility index (Phi) is 5.26. The second-order valence-corrected chi connectivity index (χ2v) is 5.43. The van der Waals surface area contributed by atoms with E-state index < -0.39 is 0 Å². The van der Waals surface area contributed by atoms with E-state index in [0.717, 1.165) is 5.92 Å². The molecule has 1 aliphatic rings.